The van der Waals surface area contributed by atoms with E-state index in [1.807, 2.05) is 12.1 Å². The first-order valence-electron chi connectivity index (χ1n) is 9.79. The molecule has 0 heterocycles. The van der Waals surface area contributed by atoms with Crippen LogP contribution in [-0.4, -0.2) is 41.8 Å². The maximum atomic E-state index is 10.5. The molecule has 1 aliphatic rings. The lowest BCUT2D eigenvalue weighted by molar-refractivity contribution is 0.0460. The highest BCUT2D eigenvalue weighted by Gasteiger charge is 2.22. The number of hydrogen-bond acceptors (Lipinski definition) is 3. The predicted octanol–water partition coefficient (Wildman–Crippen LogP) is 4.59. The Morgan fingerprint density at radius 3 is 2.54 bits per heavy atom. The molecule has 0 saturated heterocycles. The van der Waals surface area contributed by atoms with Crippen LogP contribution in [0.4, 0.5) is 0 Å². The van der Waals surface area contributed by atoms with Gasteiger partial charge >= 0.3 is 0 Å². The fraction of sp³-hybridized carbons (Fsp3) is 0.714. The standard InChI is InChI=1S/C21H35NO2/c1-4-17(3)20-13-9-10-14-21(20)24-16-19(23)15-22(5-2)18-11-7-6-8-12-18/h9-10,13-14,17-19,23H,4-8,11-12,15-16H2,1-3H3/t17-,19-/m1/s1. The molecule has 136 valence electrons. The second-order valence-corrected chi connectivity index (χ2v) is 7.19. The molecule has 2 rings (SSSR count). The number of rotatable bonds is 9. The Hall–Kier alpha value is -1.06. The summed E-state index contributed by atoms with van der Waals surface area (Å²) in [5.41, 5.74) is 1.24. The number of ether oxygens (including phenoxy) is 1. The summed E-state index contributed by atoms with van der Waals surface area (Å²) < 4.78 is 5.98. The third-order valence-electron chi connectivity index (χ3n) is 5.44. The first kappa shape index (κ1) is 19.3. The number of likely N-dealkylation sites (N-methyl/N-ethyl adjacent to an activating group) is 1. The molecule has 0 aromatic heterocycles. The smallest absolute Gasteiger partial charge is 0.122 e. The van der Waals surface area contributed by atoms with Crippen molar-refractivity contribution < 1.29 is 9.84 Å². The summed E-state index contributed by atoms with van der Waals surface area (Å²) in [4.78, 5) is 2.44. The average Bonchev–Trinajstić information content (AvgIpc) is 2.64. The second kappa shape index (κ2) is 10.0. The topological polar surface area (TPSA) is 32.7 Å². The first-order chi connectivity index (χ1) is 11.7. The molecule has 1 aliphatic carbocycles. The van der Waals surface area contributed by atoms with Crippen molar-refractivity contribution >= 4 is 0 Å². The summed E-state index contributed by atoms with van der Waals surface area (Å²) in [6.45, 7) is 8.70. The van der Waals surface area contributed by atoms with Crippen molar-refractivity contribution in [2.45, 2.75) is 77.4 Å². The van der Waals surface area contributed by atoms with Crippen LogP contribution in [0.3, 0.4) is 0 Å². The van der Waals surface area contributed by atoms with Gasteiger partial charge in [-0.05, 0) is 43.4 Å². The first-order valence-corrected chi connectivity index (χ1v) is 9.79. The summed E-state index contributed by atoms with van der Waals surface area (Å²) in [6.07, 6.45) is 7.24. The Morgan fingerprint density at radius 2 is 1.88 bits per heavy atom. The van der Waals surface area contributed by atoms with E-state index in [-0.39, 0.29) is 0 Å². The molecule has 3 heteroatoms. The fourth-order valence-electron chi connectivity index (χ4n) is 3.73. The lowest BCUT2D eigenvalue weighted by atomic mass is 9.94. The van der Waals surface area contributed by atoms with Crippen molar-refractivity contribution in [1.29, 1.82) is 0 Å². The molecule has 0 unspecified atom stereocenters. The Kier molecular flexibility index (Phi) is 8.07. The van der Waals surface area contributed by atoms with Gasteiger partial charge in [0, 0.05) is 12.6 Å². The monoisotopic (exact) mass is 333 g/mol. The predicted molar refractivity (Wildman–Crippen MR) is 101 cm³/mol. The normalized spacial score (nSPS) is 18.5. The minimum Gasteiger partial charge on any atom is -0.491 e. The number of hydrogen-bond donors (Lipinski definition) is 1. The molecule has 0 radical (unpaired) electrons. The largest absolute Gasteiger partial charge is 0.491 e. The zero-order valence-electron chi connectivity index (χ0n) is 15.7. The highest BCUT2D eigenvalue weighted by atomic mass is 16.5. The molecule has 1 aromatic carbocycles. The Bertz CT molecular complexity index is 471. The Labute approximate surface area is 148 Å². The molecular weight excluding hydrogens is 298 g/mol. The lowest BCUT2D eigenvalue weighted by Crippen LogP contribution is -2.43. The number of para-hydroxylation sites is 1. The number of aliphatic hydroxyl groups excluding tert-OH is 1. The van der Waals surface area contributed by atoms with E-state index >= 15 is 0 Å². The van der Waals surface area contributed by atoms with Gasteiger partial charge in [0.2, 0.25) is 0 Å². The number of aliphatic hydroxyl groups is 1. The maximum absolute atomic E-state index is 10.5. The number of benzene rings is 1. The minimum absolute atomic E-state index is 0.372. The van der Waals surface area contributed by atoms with Crippen LogP contribution in [0.15, 0.2) is 24.3 Å². The van der Waals surface area contributed by atoms with E-state index in [1.54, 1.807) is 0 Å². The van der Waals surface area contributed by atoms with Gasteiger partial charge in [0.25, 0.3) is 0 Å². The van der Waals surface area contributed by atoms with Gasteiger partial charge in [-0.25, -0.2) is 0 Å². The van der Waals surface area contributed by atoms with Gasteiger partial charge in [0.05, 0.1) is 0 Å². The average molecular weight is 334 g/mol. The van der Waals surface area contributed by atoms with Crippen molar-refractivity contribution in [1.82, 2.24) is 4.90 Å². The van der Waals surface area contributed by atoms with Gasteiger partial charge in [0.15, 0.2) is 0 Å². The van der Waals surface area contributed by atoms with E-state index in [2.05, 4.69) is 37.8 Å². The van der Waals surface area contributed by atoms with Crippen molar-refractivity contribution in [3.63, 3.8) is 0 Å². The van der Waals surface area contributed by atoms with E-state index in [4.69, 9.17) is 4.74 Å². The third kappa shape index (κ3) is 5.49. The molecule has 1 aromatic rings. The molecule has 0 spiro atoms. The van der Waals surface area contributed by atoms with Crippen molar-refractivity contribution in [3.05, 3.63) is 29.8 Å². The van der Waals surface area contributed by atoms with Crippen LogP contribution < -0.4 is 4.74 Å². The van der Waals surface area contributed by atoms with E-state index in [0.717, 1.165) is 18.7 Å². The molecular formula is C21H35NO2. The summed E-state index contributed by atoms with van der Waals surface area (Å²) in [6, 6.07) is 8.87. The highest BCUT2D eigenvalue weighted by molar-refractivity contribution is 5.35. The molecule has 3 nitrogen and oxygen atoms in total. The zero-order chi connectivity index (χ0) is 17.4. The van der Waals surface area contributed by atoms with E-state index in [1.165, 1.54) is 37.7 Å². The van der Waals surface area contributed by atoms with Crippen LogP contribution in [0, 0.1) is 0 Å². The molecule has 0 aliphatic heterocycles. The van der Waals surface area contributed by atoms with E-state index < -0.39 is 6.10 Å². The second-order valence-electron chi connectivity index (χ2n) is 7.19. The summed E-state index contributed by atoms with van der Waals surface area (Å²) in [5.74, 6) is 1.40. The summed E-state index contributed by atoms with van der Waals surface area (Å²) in [7, 11) is 0. The van der Waals surface area contributed by atoms with Crippen molar-refractivity contribution in [2.24, 2.45) is 0 Å². The lowest BCUT2D eigenvalue weighted by Gasteiger charge is -2.34. The van der Waals surface area contributed by atoms with Crippen LogP contribution >= 0.6 is 0 Å². The van der Waals surface area contributed by atoms with Crippen molar-refractivity contribution in [3.8, 4) is 5.75 Å². The van der Waals surface area contributed by atoms with Crippen LogP contribution in [0.5, 0.6) is 5.75 Å². The number of nitrogens with zero attached hydrogens (tertiary/aromatic N) is 1. The molecule has 0 amide bonds. The van der Waals surface area contributed by atoms with Gasteiger partial charge in [-0.2, -0.15) is 0 Å². The Balaban J connectivity index is 1.87. The van der Waals surface area contributed by atoms with Gasteiger partial charge < -0.3 is 9.84 Å². The van der Waals surface area contributed by atoms with Crippen molar-refractivity contribution in [2.75, 3.05) is 19.7 Å². The molecule has 1 N–H and O–H groups in total. The summed E-state index contributed by atoms with van der Waals surface area (Å²) >= 11 is 0. The molecule has 0 bridgehead atoms. The SMILES string of the molecule is CC[C@@H](C)c1ccccc1OC[C@H](O)CN(CC)C1CCCCC1. The fourth-order valence-corrected chi connectivity index (χ4v) is 3.73. The maximum Gasteiger partial charge on any atom is 0.122 e. The van der Waals surface area contributed by atoms with Crippen LogP contribution in [0.1, 0.15) is 70.8 Å². The van der Waals surface area contributed by atoms with Gasteiger partial charge in [-0.15, -0.1) is 0 Å². The highest BCUT2D eigenvalue weighted by Crippen LogP contribution is 2.28. The van der Waals surface area contributed by atoms with Crippen LogP contribution in [0.2, 0.25) is 0 Å². The van der Waals surface area contributed by atoms with Crippen LogP contribution in [0.25, 0.3) is 0 Å². The molecule has 24 heavy (non-hydrogen) atoms. The zero-order valence-corrected chi connectivity index (χ0v) is 15.7. The van der Waals surface area contributed by atoms with Gasteiger partial charge in [-0.3, -0.25) is 4.90 Å². The molecule has 1 saturated carbocycles. The minimum atomic E-state index is -0.433. The Morgan fingerprint density at radius 1 is 1.17 bits per heavy atom. The van der Waals surface area contributed by atoms with E-state index in [0.29, 0.717) is 25.1 Å². The third-order valence-corrected chi connectivity index (χ3v) is 5.44. The van der Waals surface area contributed by atoms with Gasteiger partial charge in [0.1, 0.15) is 18.5 Å². The van der Waals surface area contributed by atoms with Crippen LogP contribution in [-0.2, 0) is 0 Å². The van der Waals surface area contributed by atoms with Gasteiger partial charge in [-0.1, -0.05) is 58.2 Å². The van der Waals surface area contributed by atoms with E-state index in [9.17, 15) is 5.11 Å². The molecule has 1 fully saturated rings. The summed E-state index contributed by atoms with van der Waals surface area (Å²) in [5, 5.41) is 10.5. The molecule has 2 atom stereocenters. The quantitative estimate of drug-likeness (QED) is 0.717.